The van der Waals surface area contributed by atoms with Crippen LogP contribution in [0.15, 0.2) is 200 Å². The van der Waals surface area contributed by atoms with Gasteiger partial charge in [0.1, 0.15) is 0 Å². The maximum Gasteiger partial charge on any atom is 0.0468 e. The highest BCUT2D eigenvalue weighted by atomic mass is 15.1. The van der Waals surface area contributed by atoms with Crippen LogP contribution < -0.4 is 4.90 Å². The van der Waals surface area contributed by atoms with Crippen LogP contribution in [-0.2, 0) is 5.41 Å². The molecule has 1 heteroatoms. The molecule has 0 spiro atoms. The number of hydrogen-bond donors (Lipinski definition) is 0. The molecule has 0 bridgehead atoms. The van der Waals surface area contributed by atoms with E-state index in [1.54, 1.807) is 0 Å². The van der Waals surface area contributed by atoms with Crippen molar-refractivity contribution in [3.05, 3.63) is 211 Å². The minimum Gasteiger partial charge on any atom is -0.310 e. The summed E-state index contributed by atoms with van der Waals surface area (Å²) in [6, 6.07) is 74.0. The van der Waals surface area contributed by atoms with Gasteiger partial charge in [0.05, 0.1) is 0 Å². The summed E-state index contributed by atoms with van der Waals surface area (Å²) in [7, 11) is 0. The van der Waals surface area contributed by atoms with E-state index in [2.05, 4.69) is 219 Å². The Morgan fingerprint density at radius 2 is 0.875 bits per heavy atom. The Labute approximate surface area is 327 Å². The molecular weight excluding hydrogens is 675 g/mol. The minimum absolute atomic E-state index is 0.0564. The van der Waals surface area contributed by atoms with E-state index in [9.17, 15) is 0 Å². The molecule has 56 heavy (non-hydrogen) atoms. The molecule has 0 aliphatic heterocycles. The lowest BCUT2D eigenvalue weighted by Gasteiger charge is -2.28. The largest absolute Gasteiger partial charge is 0.310 e. The van der Waals surface area contributed by atoms with Gasteiger partial charge >= 0.3 is 0 Å². The van der Waals surface area contributed by atoms with Gasteiger partial charge in [-0.15, -0.1) is 0 Å². The molecule has 264 valence electrons. The Kier molecular flexibility index (Phi) is 7.28. The first-order valence-electron chi connectivity index (χ1n) is 19.6. The highest BCUT2D eigenvalue weighted by Gasteiger charge is 2.35. The van der Waals surface area contributed by atoms with Crippen LogP contribution in [0.4, 0.5) is 17.1 Å². The fourth-order valence-electron chi connectivity index (χ4n) is 9.49. The quantitative estimate of drug-likeness (QED) is 0.161. The average Bonchev–Trinajstić information content (AvgIpc) is 3.48. The fourth-order valence-corrected chi connectivity index (χ4v) is 9.49. The Hall–Kier alpha value is -6.96. The molecule has 0 fully saturated rings. The zero-order valence-corrected chi connectivity index (χ0v) is 31.5. The minimum atomic E-state index is -0.0564. The summed E-state index contributed by atoms with van der Waals surface area (Å²) in [6.07, 6.45) is 0. The van der Waals surface area contributed by atoms with E-state index in [0.29, 0.717) is 0 Å². The van der Waals surface area contributed by atoms with Crippen molar-refractivity contribution >= 4 is 60.2 Å². The van der Waals surface area contributed by atoms with Gasteiger partial charge in [-0.1, -0.05) is 178 Å². The van der Waals surface area contributed by atoms with Crippen molar-refractivity contribution in [2.75, 3.05) is 4.90 Å². The van der Waals surface area contributed by atoms with E-state index in [4.69, 9.17) is 0 Å². The van der Waals surface area contributed by atoms with Gasteiger partial charge in [0.2, 0.25) is 0 Å². The third-order valence-corrected chi connectivity index (χ3v) is 12.2. The standard InChI is InChI=1S/C55H39N/c1-55(2)51-23-8-7-20-49(51)50-35-44(32-33-52(50)55)56(43-17-9-16-41(34-43)46-21-10-14-36-12-3-5-18-45(36)46)42-30-28-38(29-31-42)48-22-11-15-39-26-27-40-25-24-37-13-4-6-19-47(37)54(40)53(39)48/h3-35H,1-2H3. The fraction of sp³-hybridized carbons (Fsp3) is 0.0545. The first kappa shape index (κ1) is 32.5. The molecule has 10 aromatic carbocycles. The van der Waals surface area contributed by atoms with Crippen molar-refractivity contribution in [2.45, 2.75) is 19.3 Å². The maximum absolute atomic E-state index is 2.43. The highest BCUT2D eigenvalue weighted by molar-refractivity contribution is 6.24. The molecule has 0 saturated carbocycles. The Balaban J connectivity index is 1.09. The summed E-state index contributed by atoms with van der Waals surface area (Å²) in [6.45, 7) is 4.70. The molecule has 1 nitrogen and oxygen atoms in total. The number of anilines is 3. The van der Waals surface area contributed by atoms with E-state index in [-0.39, 0.29) is 5.41 Å². The van der Waals surface area contributed by atoms with Gasteiger partial charge in [-0.25, -0.2) is 0 Å². The van der Waals surface area contributed by atoms with E-state index < -0.39 is 0 Å². The predicted molar refractivity (Wildman–Crippen MR) is 240 cm³/mol. The van der Waals surface area contributed by atoms with Crippen LogP contribution in [0.25, 0.3) is 76.5 Å². The monoisotopic (exact) mass is 713 g/mol. The summed E-state index contributed by atoms with van der Waals surface area (Å²) in [5.74, 6) is 0. The first-order valence-corrected chi connectivity index (χ1v) is 19.6. The van der Waals surface area contributed by atoms with E-state index in [1.165, 1.54) is 87.6 Å². The van der Waals surface area contributed by atoms with E-state index in [1.807, 2.05) is 0 Å². The summed E-state index contributed by atoms with van der Waals surface area (Å²) >= 11 is 0. The van der Waals surface area contributed by atoms with Crippen LogP contribution in [0.3, 0.4) is 0 Å². The van der Waals surface area contributed by atoms with E-state index in [0.717, 1.165) is 17.1 Å². The van der Waals surface area contributed by atoms with Crippen LogP contribution in [0.5, 0.6) is 0 Å². The first-order chi connectivity index (χ1) is 27.5. The Morgan fingerprint density at radius 1 is 0.321 bits per heavy atom. The molecule has 0 unspecified atom stereocenters. The normalized spacial score (nSPS) is 13.0. The lowest BCUT2D eigenvalue weighted by Crippen LogP contribution is -2.15. The van der Waals surface area contributed by atoms with Crippen LogP contribution in [0, 0.1) is 0 Å². The summed E-state index contributed by atoms with van der Waals surface area (Å²) < 4.78 is 0. The number of hydrogen-bond acceptors (Lipinski definition) is 1. The molecule has 0 saturated heterocycles. The molecule has 1 aliphatic carbocycles. The lowest BCUT2D eigenvalue weighted by molar-refractivity contribution is 0.660. The van der Waals surface area contributed by atoms with Gasteiger partial charge in [-0.3, -0.25) is 0 Å². The van der Waals surface area contributed by atoms with Crippen molar-refractivity contribution < 1.29 is 0 Å². The smallest absolute Gasteiger partial charge is 0.0468 e. The van der Waals surface area contributed by atoms with Crippen molar-refractivity contribution in [1.29, 1.82) is 0 Å². The van der Waals surface area contributed by atoms with Crippen LogP contribution in [-0.4, -0.2) is 0 Å². The van der Waals surface area contributed by atoms with Gasteiger partial charge in [-0.05, 0) is 124 Å². The maximum atomic E-state index is 2.43. The number of fused-ring (bicyclic) bond motifs is 9. The van der Waals surface area contributed by atoms with Crippen LogP contribution in [0.2, 0.25) is 0 Å². The second kappa shape index (κ2) is 12.5. The van der Waals surface area contributed by atoms with Crippen LogP contribution >= 0.6 is 0 Å². The van der Waals surface area contributed by atoms with Crippen molar-refractivity contribution in [3.63, 3.8) is 0 Å². The van der Waals surface area contributed by atoms with E-state index >= 15 is 0 Å². The molecule has 0 aromatic heterocycles. The molecule has 1 aliphatic rings. The van der Waals surface area contributed by atoms with Crippen LogP contribution in [0.1, 0.15) is 25.0 Å². The molecule has 0 atom stereocenters. The van der Waals surface area contributed by atoms with Crippen molar-refractivity contribution in [2.24, 2.45) is 0 Å². The average molecular weight is 714 g/mol. The number of rotatable bonds is 5. The summed E-state index contributed by atoms with van der Waals surface area (Å²) in [4.78, 5) is 2.43. The molecule has 0 heterocycles. The van der Waals surface area contributed by atoms with Gasteiger partial charge in [-0.2, -0.15) is 0 Å². The van der Waals surface area contributed by atoms with Gasteiger partial charge in [0.25, 0.3) is 0 Å². The summed E-state index contributed by atoms with van der Waals surface area (Å²) in [5, 5.41) is 10.2. The second-order valence-electron chi connectivity index (χ2n) is 15.7. The van der Waals surface area contributed by atoms with Gasteiger partial charge in [0.15, 0.2) is 0 Å². The molecule has 10 aromatic rings. The van der Waals surface area contributed by atoms with Gasteiger partial charge in [0, 0.05) is 22.5 Å². The SMILES string of the molecule is CC1(C)c2ccccc2-c2cc(N(c3ccc(-c4cccc5ccc6ccc7ccccc7c6c45)cc3)c3cccc(-c4cccc5ccccc45)c3)ccc21. The highest BCUT2D eigenvalue weighted by Crippen LogP contribution is 2.51. The topological polar surface area (TPSA) is 3.24 Å². The Bertz CT molecular complexity index is 3160. The van der Waals surface area contributed by atoms with Crippen molar-refractivity contribution in [3.8, 4) is 33.4 Å². The zero-order valence-electron chi connectivity index (χ0n) is 31.5. The second-order valence-corrected chi connectivity index (χ2v) is 15.7. The Morgan fingerprint density at radius 3 is 1.70 bits per heavy atom. The zero-order chi connectivity index (χ0) is 37.4. The predicted octanol–water partition coefficient (Wildman–Crippen LogP) is 15.4. The molecule has 11 rings (SSSR count). The lowest BCUT2D eigenvalue weighted by atomic mass is 9.82. The molecule has 0 N–H and O–H groups in total. The third kappa shape index (κ3) is 5.01. The molecule has 0 radical (unpaired) electrons. The molecular formula is C55H39N. The summed E-state index contributed by atoms with van der Waals surface area (Å²) in [5.41, 5.74) is 13.6. The molecule has 0 amide bonds. The van der Waals surface area contributed by atoms with Crippen molar-refractivity contribution in [1.82, 2.24) is 0 Å². The van der Waals surface area contributed by atoms with Gasteiger partial charge < -0.3 is 4.90 Å². The third-order valence-electron chi connectivity index (χ3n) is 12.2. The number of benzene rings is 10. The number of nitrogens with zero attached hydrogens (tertiary/aromatic N) is 1.